The first-order valence-corrected chi connectivity index (χ1v) is 8.32. The maximum absolute atomic E-state index is 12.2. The normalized spacial score (nSPS) is 16.6. The highest BCUT2D eigenvalue weighted by molar-refractivity contribution is 5.87. The Morgan fingerprint density at radius 3 is 2.39 bits per heavy atom. The molecule has 5 nitrogen and oxygen atoms in total. The fourth-order valence-corrected chi connectivity index (χ4v) is 3.05. The minimum absolute atomic E-state index is 0.191. The number of carboxylic acid groups (broad SMARTS) is 1. The lowest BCUT2D eigenvalue weighted by Gasteiger charge is -2.34. The summed E-state index contributed by atoms with van der Waals surface area (Å²) in [5, 5.41) is 12.2. The van der Waals surface area contributed by atoms with E-state index in [0.29, 0.717) is 32.3 Å². The molecule has 23 heavy (non-hydrogen) atoms. The molecule has 126 valence electrons. The number of hydrogen-bond acceptors (Lipinski definition) is 3. The molecule has 1 aromatic rings. The minimum atomic E-state index is -1.06. The monoisotopic (exact) mass is 319 g/mol. The Balaban J connectivity index is 1.87. The summed E-state index contributed by atoms with van der Waals surface area (Å²) in [6.07, 6.45) is 4.68. The van der Waals surface area contributed by atoms with Crippen LogP contribution < -0.4 is 10.1 Å². The van der Waals surface area contributed by atoms with Crippen LogP contribution in [0.3, 0.4) is 0 Å². The van der Waals surface area contributed by atoms with E-state index in [1.807, 2.05) is 31.2 Å². The highest BCUT2D eigenvalue weighted by Crippen LogP contribution is 2.28. The van der Waals surface area contributed by atoms with Crippen LogP contribution in [0.15, 0.2) is 24.3 Å². The quantitative estimate of drug-likeness (QED) is 0.810. The molecule has 0 heterocycles. The van der Waals surface area contributed by atoms with Gasteiger partial charge in [-0.3, -0.25) is 4.79 Å². The lowest BCUT2D eigenvalue weighted by Crippen LogP contribution is -2.55. The smallest absolute Gasteiger partial charge is 0.329 e. The third kappa shape index (κ3) is 4.71. The molecular weight excluding hydrogens is 294 g/mol. The molecular formula is C18H25NO4. The van der Waals surface area contributed by atoms with E-state index < -0.39 is 11.5 Å². The van der Waals surface area contributed by atoms with Crippen LogP contribution in [-0.4, -0.2) is 29.1 Å². The van der Waals surface area contributed by atoms with Crippen LogP contribution in [0.5, 0.6) is 5.75 Å². The number of aliphatic carboxylic acids is 1. The molecule has 2 rings (SSSR count). The van der Waals surface area contributed by atoms with Crippen molar-refractivity contribution in [2.75, 3.05) is 6.61 Å². The number of nitrogens with one attached hydrogen (secondary N) is 1. The third-order valence-electron chi connectivity index (χ3n) is 4.37. The van der Waals surface area contributed by atoms with Gasteiger partial charge in [-0.2, -0.15) is 0 Å². The molecule has 0 aromatic heterocycles. The Hall–Kier alpha value is -2.04. The summed E-state index contributed by atoms with van der Waals surface area (Å²) in [6, 6.07) is 7.64. The summed E-state index contributed by atoms with van der Waals surface area (Å²) in [5.74, 6) is -0.289. The van der Waals surface area contributed by atoms with Gasteiger partial charge < -0.3 is 15.2 Å². The summed E-state index contributed by atoms with van der Waals surface area (Å²) in [7, 11) is 0. The number of benzene rings is 1. The van der Waals surface area contributed by atoms with Gasteiger partial charge in [0.15, 0.2) is 0 Å². The molecule has 0 spiro atoms. The van der Waals surface area contributed by atoms with Crippen LogP contribution >= 0.6 is 0 Å². The number of amides is 1. The van der Waals surface area contributed by atoms with E-state index in [2.05, 4.69) is 5.32 Å². The molecule has 1 amide bonds. The van der Waals surface area contributed by atoms with Crippen molar-refractivity contribution in [2.24, 2.45) is 0 Å². The van der Waals surface area contributed by atoms with Gasteiger partial charge >= 0.3 is 5.97 Å². The van der Waals surface area contributed by atoms with Gasteiger partial charge in [-0.15, -0.1) is 0 Å². The SMILES string of the molecule is CCOc1ccc(CCC(=O)NC2(C(=O)O)CCCCC2)cc1. The Bertz CT molecular complexity index is 532. The first-order valence-electron chi connectivity index (χ1n) is 8.32. The second-order valence-electron chi connectivity index (χ2n) is 6.07. The van der Waals surface area contributed by atoms with Gasteiger partial charge in [-0.05, 0) is 43.9 Å². The minimum Gasteiger partial charge on any atom is -0.494 e. The highest BCUT2D eigenvalue weighted by Gasteiger charge is 2.40. The summed E-state index contributed by atoms with van der Waals surface area (Å²) >= 11 is 0. The number of aryl methyl sites for hydroxylation is 1. The summed E-state index contributed by atoms with van der Waals surface area (Å²) in [6.45, 7) is 2.56. The number of hydrogen-bond donors (Lipinski definition) is 2. The second-order valence-corrected chi connectivity index (χ2v) is 6.07. The van der Waals surface area contributed by atoms with Gasteiger partial charge in [0.05, 0.1) is 6.61 Å². The van der Waals surface area contributed by atoms with Crippen LogP contribution in [0.1, 0.15) is 51.0 Å². The molecule has 0 bridgehead atoms. The van der Waals surface area contributed by atoms with Crippen LogP contribution in [0.4, 0.5) is 0 Å². The number of carboxylic acids is 1. The average molecular weight is 319 g/mol. The van der Waals surface area contributed by atoms with Crippen molar-refractivity contribution >= 4 is 11.9 Å². The fourth-order valence-electron chi connectivity index (χ4n) is 3.05. The molecule has 0 atom stereocenters. The third-order valence-corrected chi connectivity index (χ3v) is 4.37. The number of carbonyl (C=O) groups is 2. The standard InChI is InChI=1S/C18H25NO4/c1-2-23-15-9-6-14(7-10-15)8-11-16(20)19-18(17(21)22)12-4-3-5-13-18/h6-7,9-10H,2-5,8,11-13H2,1H3,(H,19,20)(H,21,22). The van der Waals surface area contributed by atoms with Crippen LogP contribution in [0.25, 0.3) is 0 Å². The number of carbonyl (C=O) groups excluding carboxylic acids is 1. The zero-order chi connectivity index (χ0) is 16.7. The van der Waals surface area contributed by atoms with Gasteiger partial charge in [-0.1, -0.05) is 31.4 Å². The van der Waals surface area contributed by atoms with E-state index in [1.54, 1.807) is 0 Å². The first kappa shape index (κ1) is 17.3. The summed E-state index contributed by atoms with van der Waals surface area (Å²) in [5.41, 5.74) is -0.0228. The van der Waals surface area contributed by atoms with E-state index in [-0.39, 0.29) is 5.91 Å². The van der Waals surface area contributed by atoms with E-state index >= 15 is 0 Å². The average Bonchev–Trinajstić information content (AvgIpc) is 2.55. The summed E-state index contributed by atoms with van der Waals surface area (Å²) < 4.78 is 5.38. The molecule has 0 aliphatic heterocycles. The maximum atomic E-state index is 12.2. The molecule has 5 heteroatoms. The topological polar surface area (TPSA) is 75.6 Å². The van der Waals surface area contributed by atoms with E-state index in [4.69, 9.17) is 4.74 Å². The lowest BCUT2D eigenvalue weighted by molar-refractivity contribution is -0.149. The van der Waals surface area contributed by atoms with Crippen LogP contribution in [-0.2, 0) is 16.0 Å². The zero-order valence-corrected chi connectivity index (χ0v) is 13.6. The van der Waals surface area contributed by atoms with Crippen LogP contribution in [0, 0.1) is 0 Å². The first-order chi connectivity index (χ1) is 11.1. The molecule has 0 unspecified atom stereocenters. The Labute approximate surface area is 137 Å². The number of rotatable bonds is 7. The highest BCUT2D eigenvalue weighted by atomic mass is 16.5. The molecule has 1 saturated carbocycles. The predicted octanol–water partition coefficient (Wildman–Crippen LogP) is 2.92. The van der Waals surface area contributed by atoms with E-state index in [0.717, 1.165) is 30.6 Å². The molecule has 1 fully saturated rings. The Kier molecular flexibility index (Phi) is 6.02. The van der Waals surface area contributed by atoms with Gasteiger partial charge in [-0.25, -0.2) is 4.79 Å². The molecule has 1 aliphatic carbocycles. The van der Waals surface area contributed by atoms with Gasteiger partial charge in [0.25, 0.3) is 0 Å². The zero-order valence-electron chi connectivity index (χ0n) is 13.6. The predicted molar refractivity (Wildman–Crippen MR) is 87.5 cm³/mol. The van der Waals surface area contributed by atoms with Crippen molar-refractivity contribution in [2.45, 2.75) is 57.4 Å². The van der Waals surface area contributed by atoms with E-state index in [9.17, 15) is 14.7 Å². The molecule has 1 aliphatic rings. The molecule has 0 radical (unpaired) electrons. The molecule has 0 saturated heterocycles. The fraction of sp³-hybridized carbons (Fsp3) is 0.556. The maximum Gasteiger partial charge on any atom is 0.329 e. The Morgan fingerprint density at radius 1 is 1.17 bits per heavy atom. The lowest BCUT2D eigenvalue weighted by atomic mass is 9.81. The van der Waals surface area contributed by atoms with Crippen molar-refractivity contribution in [1.29, 1.82) is 0 Å². The van der Waals surface area contributed by atoms with Crippen molar-refractivity contribution in [3.63, 3.8) is 0 Å². The largest absolute Gasteiger partial charge is 0.494 e. The van der Waals surface area contributed by atoms with Crippen LogP contribution in [0.2, 0.25) is 0 Å². The molecule has 1 aromatic carbocycles. The summed E-state index contributed by atoms with van der Waals surface area (Å²) in [4.78, 5) is 23.7. The van der Waals surface area contributed by atoms with Gasteiger partial charge in [0, 0.05) is 6.42 Å². The van der Waals surface area contributed by atoms with E-state index in [1.165, 1.54) is 0 Å². The van der Waals surface area contributed by atoms with Crippen molar-refractivity contribution < 1.29 is 19.4 Å². The van der Waals surface area contributed by atoms with Crippen molar-refractivity contribution in [1.82, 2.24) is 5.32 Å². The van der Waals surface area contributed by atoms with Gasteiger partial charge in [0.1, 0.15) is 11.3 Å². The van der Waals surface area contributed by atoms with Crippen molar-refractivity contribution in [3.05, 3.63) is 29.8 Å². The number of ether oxygens (including phenoxy) is 1. The van der Waals surface area contributed by atoms with Crippen molar-refractivity contribution in [3.8, 4) is 5.75 Å². The Morgan fingerprint density at radius 2 is 1.83 bits per heavy atom. The molecule has 2 N–H and O–H groups in total. The van der Waals surface area contributed by atoms with Gasteiger partial charge in [0.2, 0.25) is 5.91 Å². The second kappa shape index (κ2) is 7.99.